The van der Waals surface area contributed by atoms with Gasteiger partial charge in [-0.25, -0.2) is 4.57 Å². The number of imidazole rings is 1. The Morgan fingerprint density at radius 1 is 1.00 bits per heavy atom. The maximum atomic E-state index is 12.6. The summed E-state index contributed by atoms with van der Waals surface area (Å²) in [6.07, 6.45) is 13.8. The zero-order chi connectivity index (χ0) is 14.9. The highest BCUT2D eigenvalue weighted by atomic mass is 32.2. The van der Waals surface area contributed by atoms with Gasteiger partial charge < -0.3 is 0 Å². The number of aryl methyl sites for hydroxylation is 1. The molecule has 1 aromatic rings. The number of piperidine rings is 1. The summed E-state index contributed by atoms with van der Waals surface area (Å²) >= 11 is 0. The van der Waals surface area contributed by atoms with Crippen LogP contribution in [0.4, 0.5) is 0 Å². The Bertz CT molecular complexity index is 567. The van der Waals surface area contributed by atoms with Gasteiger partial charge in [0.1, 0.15) is 12.4 Å². The minimum atomic E-state index is -3.37. The van der Waals surface area contributed by atoms with E-state index in [1.807, 2.05) is 7.05 Å². The van der Waals surface area contributed by atoms with Crippen molar-refractivity contribution in [3.05, 3.63) is 18.7 Å². The molecule has 1 saturated heterocycles. The van der Waals surface area contributed by atoms with Crippen molar-refractivity contribution in [2.24, 2.45) is 18.9 Å². The second-order valence-electron chi connectivity index (χ2n) is 6.55. The van der Waals surface area contributed by atoms with Crippen LogP contribution >= 0.6 is 0 Å². The third-order valence-electron chi connectivity index (χ3n) is 5.15. The van der Waals surface area contributed by atoms with Crippen molar-refractivity contribution >= 4 is 10.2 Å². The molecule has 6 heteroatoms. The van der Waals surface area contributed by atoms with Gasteiger partial charge in [-0.3, -0.25) is 0 Å². The van der Waals surface area contributed by atoms with Gasteiger partial charge in [0.2, 0.25) is 0 Å². The number of hydrogen-bond donors (Lipinski definition) is 0. The van der Waals surface area contributed by atoms with Gasteiger partial charge in [0.15, 0.2) is 0 Å². The van der Waals surface area contributed by atoms with Gasteiger partial charge in [-0.15, -0.1) is 3.97 Å². The fraction of sp³-hybridized carbons (Fsp3) is 0.800. The third kappa shape index (κ3) is 3.16. The molecule has 118 valence electrons. The molecule has 0 unspecified atom stereocenters. The first-order chi connectivity index (χ1) is 10.1. The first-order valence-corrected chi connectivity index (χ1v) is 9.51. The predicted molar refractivity (Wildman–Crippen MR) is 80.8 cm³/mol. The second kappa shape index (κ2) is 6.08. The SMILES string of the molecule is C[n+]1ccn(S(=O)(=O)N2CCC(C3CCCCC3)CC2)c1. The molecule has 5 nitrogen and oxygen atoms in total. The molecular formula is C15H26N3O2S+. The van der Waals surface area contributed by atoms with Crippen LogP contribution in [-0.2, 0) is 17.3 Å². The van der Waals surface area contributed by atoms with Crippen LogP contribution in [0, 0.1) is 11.8 Å². The Morgan fingerprint density at radius 2 is 1.62 bits per heavy atom. The fourth-order valence-corrected chi connectivity index (χ4v) is 5.30. The van der Waals surface area contributed by atoms with E-state index in [4.69, 9.17) is 0 Å². The molecule has 0 radical (unpaired) electrons. The normalized spacial score (nSPS) is 23.5. The average Bonchev–Trinajstić information content (AvgIpc) is 2.96. The van der Waals surface area contributed by atoms with Crippen molar-refractivity contribution in [2.75, 3.05) is 13.1 Å². The number of rotatable bonds is 3. The lowest BCUT2D eigenvalue weighted by atomic mass is 9.76. The lowest BCUT2D eigenvalue weighted by Gasteiger charge is -2.36. The second-order valence-corrected chi connectivity index (χ2v) is 8.39. The topological polar surface area (TPSA) is 46.2 Å². The molecule has 0 spiro atoms. The van der Waals surface area contributed by atoms with Gasteiger partial charge in [-0.2, -0.15) is 12.7 Å². The Morgan fingerprint density at radius 3 is 2.19 bits per heavy atom. The van der Waals surface area contributed by atoms with E-state index in [1.165, 1.54) is 36.1 Å². The highest BCUT2D eigenvalue weighted by Crippen LogP contribution is 2.36. The van der Waals surface area contributed by atoms with Crippen LogP contribution < -0.4 is 4.57 Å². The number of hydrogen-bond acceptors (Lipinski definition) is 2. The van der Waals surface area contributed by atoms with E-state index >= 15 is 0 Å². The molecule has 2 fully saturated rings. The third-order valence-corrected chi connectivity index (χ3v) is 6.92. The minimum Gasteiger partial charge on any atom is -0.238 e. The van der Waals surface area contributed by atoms with E-state index in [9.17, 15) is 8.42 Å². The lowest BCUT2D eigenvalue weighted by Crippen LogP contribution is -2.43. The van der Waals surface area contributed by atoms with Gasteiger partial charge in [0.25, 0.3) is 6.33 Å². The molecule has 1 aliphatic carbocycles. The van der Waals surface area contributed by atoms with Crippen LogP contribution in [0.25, 0.3) is 0 Å². The molecule has 1 aliphatic heterocycles. The monoisotopic (exact) mass is 312 g/mol. The quantitative estimate of drug-likeness (QED) is 0.798. The summed E-state index contributed by atoms with van der Waals surface area (Å²) < 4.78 is 29.8. The Kier molecular flexibility index (Phi) is 4.36. The Balaban J connectivity index is 1.62. The van der Waals surface area contributed by atoms with Gasteiger partial charge in [0.05, 0.1) is 7.05 Å². The first kappa shape index (κ1) is 15.0. The molecule has 0 N–H and O–H groups in total. The highest BCUT2D eigenvalue weighted by molar-refractivity contribution is 7.87. The summed E-state index contributed by atoms with van der Waals surface area (Å²) in [5.74, 6) is 1.57. The van der Waals surface area contributed by atoms with E-state index in [-0.39, 0.29) is 0 Å². The number of aromatic nitrogens is 2. The molecule has 1 saturated carbocycles. The largest absolute Gasteiger partial charge is 0.379 e. The highest BCUT2D eigenvalue weighted by Gasteiger charge is 2.35. The molecule has 21 heavy (non-hydrogen) atoms. The molecule has 0 bridgehead atoms. The van der Waals surface area contributed by atoms with Gasteiger partial charge in [-0.05, 0) is 24.7 Å². The summed E-state index contributed by atoms with van der Waals surface area (Å²) in [7, 11) is -1.53. The van der Waals surface area contributed by atoms with Crippen LogP contribution in [-0.4, -0.2) is 29.8 Å². The molecule has 2 heterocycles. The summed E-state index contributed by atoms with van der Waals surface area (Å²) in [5, 5.41) is 0. The van der Waals surface area contributed by atoms with E-state index in [2.05, 4.69) is 0 Å². The van der Waals surface area contributed by atoms with Crippen LogP contribution in [0.5, 0.6) is 0 Å². The van der Waals surface area contributed by atoms with Gasteiger partial charge in [0, 0.05) is 13.1 Å². The summed E-state index contributed by atoms with van der Waals surface area (Å²) in [6.45, 7) is 1.34. The maximum absolute atomic E-state index is 12.6. The van der Waals surface area contributed by atoms with E-state index < -0.39 is 10.2 Å². The Labute approximate surface area is 127 Å². The molecule has 0 aromatic carbocycles. The summed E-state index contributed by atoms with van der Waals surface area (Å²) in [6, 6.07) is 0. The van der Waals surface area contributed by atoms with Crippen molar-refractivity contribution in [3.63, 3.8) is 0 Å². The zero-order valence-corrected chi connectivity index (χ0v) is 13.6. The van der Waals surface area contributed by atoms with Crippen LogP contribution in [0.1, 0.15) is 44.9 Å². The van der Waals surface area contributed by atoms with Crippen molar-refractivity contribution in [3.8, 4) is 0 Å². The van der Waals surface area contributed by atoms with E-state index in [0.29, 0.717) is 13.1 Å². The van der Waals surface area contributed by atoms with Crippen molar-refractivity contribution in [1.29, 1.82) is 0 Å². The summed E-state index contributed by atoms with van der Waals surface area (Å²) in [5.41, 5.74) is 0. The molecule has 2 aliphatic rings. The average molecular weight is 312 g/mol. The maximum Gasteiger partial charge on any atom is 0.379 e. The molecular weight excluding hydrogens is 286 g/mol. The fourth-order valence-electron chi connectivity index (χ4n) is 3.88. The van der Waals surface area contributed by atoms with E-state index in [1.54, 1.807) is 27.6 Å². The molecule has 0 amide bonds. The predicted octanol–water partition coefficient (Wildman–Crippen LogP) is 1.70. The summed E-state index contributed by atoms with van der Waals surface area (Å²) in [4.78, 5) is 0. The molecule has 1 aromatic heterocycles. The van der Waals surface area contributed by atoms with E-state index in [0.717, 1.165) is 24.7 Å². The van der Waals surface area contributed by atoms with Crippen molar-refractivity contribution < 1.29 is 13.0 Å². The van der Waals surface area contributed by atoms with Crippen LogP contribution in [0.15, 0.2) is 18.7 Å². The minimum absolute atomic E-state index is 0.672. The van der Waals surface area contributed by atoms with Crippen LogP contribution in [0.3, 0.4) is 0 Å². The van der Waals surface area contributed by atoms with Crippen molar-refractivity contribution in [1.82, 2.24) is 8.28 Å². The van der Waals surface area contributed by atoms with Crippen molar-refractivity contribution in [2.45, 2.75) is 44.9 Å². The Hall–Kier alpha value is -0.880. The number of nitrogens with zero attached hydrogens (tertiary/aromatic N) is 3. The zero-order valence-electron chi connectivity index (χ0n) is 12.8. The van der Waals surface area contributed by atoms with Gasteiger partial charge in [-0.1, -0.05) is 32.1 Å². The van der Waals surface area contributed by atoms with Gasteiger partial charge >= 0.3 is 10.2 Å². The smallest absolute Gasteiger partial charge is 0.238 e. The molecule has 3 rings (SSSR count). The lowest BCUT2D eigenvalue weighted by molar-refractivity contribution is -0.670. The van der Waals surface area contributed by atoms with Crippen LogP contribution in [0.2, 0.25) is 0 Å². The standard InChI is InChI=1S/C15H26N3O2S/c1-16-11-12-18(13-16)21(19,20)17-9-7-15(8-10-17)14-5-3-2-4-6-14/h11-15H,2-10H2,1H3/q+1. The first-order valence-electron chi connectivity index (χ1n) is 8.11. The molecule has 0 atom stereocenters.